The number of rotatable bonds is 4. The minimum atomic E-state index is -0.279. The Hall–Kier alpha value is -1.09. The normalized spacial score (nSPS) is 17.5. The Morgan fingerprint density at radius 1 is 1.47 bits per heavy atom. The van der Waals surface area contributed by atoms with Gasteiger partial charge in [0, 0.05) is 0 Å². The molecule has 1 aliphatic rings. The SMILES string of the molecule is COc1ccc(C2(CCN)CC2)cc1F. The first-order valence-corrected chi connectivity index (χ1v) is 5.26. The third kappa shape index (κ3) is 1.84. The van der Waals surface area contributed by atoms with Gasteiger partial charge in [0.25, 0.3) is 0 Å². The molecule has 0 amide bonds. The zero-order chi connectivity index (χ0) is 10.9. The third-order valence-electron chi connectivity index (χ3n) is 3.24. The summed E-state index contributed by atoms with van der Waals surface area (Å²) in [5.41, 5.74) is 6.78. The van der Waals surface area contributed by atoms with Gasteiger partial charge in [-0.1, -0.05) is 6.07 Å². The van der Waals surface area contributed by atoms with Crippen molar-refractivity contribution in [3.63, 3.8) is 0 Å². The van der Waals surface area contributed by atoms with Crippen LogP contribution in [-0.2, 0) is 5.41 Å². The Morgan fingerprint density at radius 3 is 2.67 bits per heavy atom. The van der Waals surface area contributed by atoms with Crippen LogP contribution in [0.15, 0.2) is 18.2 Å². The van der Waals surface area contributed by atoms with E-state index in [1.165, 1.54) is 7.11 Å². The van der Waals surface area contributed by atoms with Gasteiger partial charge in [0.1, 0.15) is 0 Å². The molecule has 0 spiro atoms. The highest BCUT2D eigenvalue weighted by molar-refractivity contribution is 5.37. The summed E-state index contributed by atoms with van der Waals surface area (Å²) in [6.45, 7) is 0.660. The molecule has 0 heterocycles. The van der Waals surface area contributed by atoms with E-state index in [0.717, 1.165) is 24.8 Å². The van der Waals surface area contributed by atoms with Gasteiger partial charge in [-0.25, -0.2) is 4.39 Å². The molecule has 2 nitrogen and oxygen atoms in total. The fourth-order valence-electron chi connectivity index (χ4n) is 2.11. The van der Waals surface area contributed by atoms with Gasteiger partial charge in [-0.2, -0.15) is 0 Å². The first-order valence-electron chi connectivity index (χ1n) is 5.26. The summed E-state index contributed by atoms with van der Waals surface area (Å²) in [5, 5.41) is 0. The van der Waals surface area contributed by atoms with Crippen molar-refractivity contribution in [2.45, 2.75) is 24.7 Å². The second kappa shape index (κ2) is 3.81. The summed E-state index contributed by atoms with van der Waals surface area (Å²) in [6.07, 6.45) is 3.19. The maximum absolute atomic E-state index is 13.5. The molecule has 82 valence electrons. The number of nitrogens with two attached hydrogens (primary N) is 1. The molecule has 1 fully saturated rings. The average molecular weight is 209 g/mol. The topological polar surface area (TPSA) is 35.2 Å². The van der Waals surface area contributed by atoms with Gasteiger partial charge in [0.15, 0.2) is 11.6 Å². The lowest BCUT2D eigenvalue weighted by Gasteiger charge is -2.15. The van der Waals surface area contributed by atoms with Crippen LogP contribution in [0.4, 0.5) is 4.39 Å². The summed E-state index contributed by atoms with van der Waals surface area (Å²) in [6, 6.07) is 5.23. The van der Waals surface area contributed by atoms with Gasteiger partial charge in [-0.05, 0) is 48.9 Å². The Bertz CT molecular complexity index is 361. The first-order chi connectivity index (χ1) is 7.22. The van der Waals surface area contributed by atoms with Crippen LogP contribution < -0.4 is 10.5 Å². The van der Waals surface area contributed by atoms with Crippen molar-refractivity contribution >= 4 is 0 Å². The molecule has 0 aliphatic heterocycles. The molecule has 1 aromatic carbocycles. The standard InChI is InChI=1S/C12H16FNO/c1-15-11-3-2-9(8-10(11)13)12(4-5-12)6-7-14/h2-3,8H,4-7,14H2,1H3. The summed E-state index contributed by atoms with van der Waals surface area (Å²) >= 11 is 0. The molecule has 1 aromatic rings. The number of hydrogen-bond donors (Lipinski definition) is 1. The fraction of sp³-hybridized carbons (Fsp3) is 0.500. The van der Waals surface area contributed by atoms with Crippen LogP contribution in [0, 0.1) is 5.82 Å². The molecule has 1 aliphatic carbocycles. The van der Waals surface area contributed by atoms with Crippen molar-refractivity contribution in [1.29, 1.82) is 0 Å². The van der Waals surface area contributed by atoms with E-state index in [-0.39, 0.29) is 11.2 Å². The molecule has 1 saturated carbocycles. The fourth-order valence-corrected chi connectivity index (χ4v) is 2.11. The lowest BCUT2D eigenvalue weighted by atomic mass is 9.92. The van der Waals surface area contributed by atoms with Crippen LogP contribution in [0.2, 0.25) is 0 Å². The molecule has 0 atom stereocenters. The van der Waals surface area contributed by atoms with Gasteiger partial charge in [-0.3, -0.25) is 0 Å². The van der Waals surface area contributed by atoms with E-state index >= 15 is 0 Å². The van der Waals surface area contributed by atoms with Gasteiger partial charge < -0.3 is 10.5 Å². The van der Waals surface area contributed by atoms with E-state index < -0.39 is 0 Å². The second-order valence-corrected chi connectivity index (χ2v) is 4.17. The lowest BCUT2D eigenvalue weighted by molar-refractivity contribution is 0.385. The molecule has 0 radical (unpaired) electrons. The number of hydrogen-bond acceptors (Lipinski definition) is 2. The highest BCUT2D eigenvalue weighted by atomic mass is 19.1. The molecular weight excluding hydrogens is 193 g/mol. The second-order valence-electron chi connectivity index (χ2n) is 4.17. The van der Waals surface area contributed by atoms with Crippen LogP contribution in [0.3, 0.4) is 0 Å². The number of methoxy groups -OCH3 is 1. The molecule has 0 bridgehead atoms. The van der Waals surface area contributed by atoms with Crippen molar-refractivity contribution in [1.82, 2.24) is 0 Å². The van der Waals surface area contributed by atoms with Crippen molar-refractivity contribution in [3.05, 3.63) is 29.6 Å². The smallest absolute Gasteiger partial charge is 0.165 e. The molecule has 2 rings (SSSR count). The van der Waals surface area contributed by atoms with E-state index in [9.17, 15) is 4.39 Å². The summed E-state index contributed by atoms with van der Waals surface area (Å²) in [5.74, 6) is 0.0283. The summed E-state index contributed by atoms with van der Waals surface area (Å²) in [4.78, 5) is 0. The number of benzene rings is 1. The average Bonchev–Trinajstić information content (AvgIpc) is 2.99. The van der Waals surface area contributed by atoms with Gasteiger partial charge >= 0.3 is 0 Å². The highest BCUT2D eigenvalue weighted by Gasteiger charge is 2.43. The third-order valence-corrected chi connectivity index (χ3v) is 3.24. The Morgan fingerprint density at radius 2 is 2.20 bits per heavy atom. The summed E-state index contributed by atoms with van der Waals surface area (Å²) in [7, 11) is 1.48. The van der Waals surface area contributed by atoms with E-state index in [2.05, 4.69) is 0 Å². The quantitative estimate of drug-likeness (QED) is 0.825. The molecule has 0 aromatic heterocycles. The maximum Gasteiger partial charge on any atom is 0.165 e. The minimum Gasteiger partial charge on any atom is -0.494 e. The van der Waals surface area contributed by atoms with Crippen molar-refractivity contribution in [3.8, 4) is 5.75 Å². The predicted molar refractivity (Wildman–Crippen MR) is 57.5 cm³/mol. The van der Waals surface area contributed by atoms with E-state index in [1.54, 1.807) is 12.1 Å². The largest absolute Gasteiger partial charge is 0.494 e. The molecule has 15 heavy (non-hydrogen) atoms. The Labute approximate surface area is 89.2 Å². The monoisotopic (exact) mass is 209 g/mol. The summed E-state index contributed by atoms with van der Waals surface area (Å²) < 4.78 is 18.4. The van der Waals surface area contributed by atoms with Crippen LogP contribution in [0.25, 0.3) is 0 Å². The first kappa shape index (κ1) is 10.4. The molecule has 0 saturated heterocycles. The zero-order valence-corrected chi connectivity index (χ0v) is 8.92. The zero-order valence-electron chi connectivity index (χ0n) is 8.92. The van der Waals surface area contributed by atoms with Gasteiger partial charge in [0.2, 0.25) is 0 Å². The van der Waals surface area contributed by atoms with Crippen LogP contribution in [-0.4, -0.2) is 13.7 Å². The minimum absolute atomic E-state index is 0.155. The lowest BCUT2D eigenvalue weighted by Crippen LogP contribution is -2.13. The van der Waals surface area contributed by atoms with Crippen molar-refractivity contribution < 1.29 is 9.13 Å². The van der Waals surface area contributed by atoms with Crippen LogP contribution >= 0.6 is 0 Å². The molecular formula is C12H16FNO. The van der Waals surface area contributed by atoms with E-state index in [0.29, 0.717) is 12.3 Å². The molecule has 3 heteroatoms. The van der Waals surface area contributed by atoms with Crippen LogP contribution in [0.5, 0.6) is 5.75 Å². The predicted octanol–water partition coefficient (Wildman–Crippen LogP) is 2.21. The molecule has 0 unspecified atom stereocenters. The Balaban J connectivity index is 2.26. The van der Waals surface area contributed by atoms with Gasteiger partial charge in [-0.15, -0.1) is 0 Å². The van der Waals surface area contributed by atoms with Crippen LogP contribution in [0.1, 0.15) is 24.8 Å². The molecule has 2 N–H and O–H groups in total. The van der Waals surface area contributed by atoms with E-state index in [1.807, 2.05) is 6.07 Å². The van der Waals surface area contributed by atoms with Crippen molar-refractivity contribution in [2.24, 2.45) is 5.73 Å². The highest BCUT2D eigenvalue weighted by Crippen LogP contribution is 2.51. The Kier molecular flexibility index (Phi) is 2.65. The van der Waals surface area contributed by atoms with Crippen molar-refractivity contribution in [2.75, 3.05) is 13.7 Å². The maximum atomic E-state index is 13.5. The number of halogens is 1. The number of ether oxygens (including phenoxy) is 1. The van der Waals surface area contributed by atoms with Gasteiger partial charge in [0.05, 0.1) is 7.11 Å². The van der Waals surface area contributed by atoms with E-state index in [4.69, 9.17) is 10.5 Å².